The van der Waals surface area contributed by atoms with Gasteiger partial charge in [-0.25, -0.2) is 9.48 Å². The number of hydrogen-bond acceptors (Lipinski definition) is 4. The Balaban J connectivity index is 1.42. The summed E-state index contributed by atoms with van der Waals surface area (Å²) >= 11 is 0. The highest BCUT2D eigenvalue weighted by atomic mass is 16.6. The lowest BCUT2D eigenvalue weighted by Crippen LogP contribution is -2.43. The maximum absolute atomic E-state index is 12.4. The summed E-state index contributed by atoms with van der Waals surface area (Å²) in [5, 5.41) is 5.76. The first-order valence-electron chi connectivity index (χ1n) is 10.9. The second-order valence-electron chi connectivity index (χ2n) is 9.44. The maximum atomic E-state index is 12.4. The summed E-state index contributed by atoms with van der Waals surface area (Å²) in [7, 11) is 0. The monoisotopic (exact) mass is 399 g/mol. The Morgan fingerprint density at radius 3 is 2.86 bits per heavy atom. The number of benzene rings is 1. The molecule has 2 unspecified atom stereocenters. The number of aromatic nitrogens is 2. The molecule has 2 aliphatic rings. The highest BCUT2D eigenvalue weighted by Crippen LogP contribution is 2.28. The Morgan fingerprint density at radius 2 is 2.10 bits per heavy atom. The van der Waals surface area contributed by atoms with E-state index in [0.29, 0.717) is 5.92 Å². The predicted molar refractivity (Wildman–Crippen MR) is 113 cm³/mol. The second kappa shape index (κ2) is 8.34. The zero-order valence-electron chi connectivity index (χ0n) is 17.9. The topological polar surface area (TPSA) is 56.6 Å². The fourth-order valence-electron chi connectivity index (χ4n) is 4.43. The molecular weight excluding hydrogens is 366 g/mol. The van der Waals surface area contributed by atoms with Crippen molar-refractivity contribution >= 4 is 17.0 Å². The van der Waals surface area contributed by atoms with Crippen LogP contribution >= 0.6 is 0 Å². The minimum Gasteiger partial charge on any atom is -0.444 e. The number of carbonyl (C=O) groups is 1. The minimum absolute atomic E-state index is 0.0628. The van der Waals surface area contributed by atoms with Gasteiger partial charge in [-0.2, -0.15) is 5.10 Å². The van der Waals surface area contributed by atoms with Gasteiger partial charge in [0.1, 0.15) is 5.60 Å². The van der Waals surface area contributed by atoms with Crippen LogP contribution in [0.2, 0.25) is 0 Å². The molecular formula is C23H33N3O3. The first-order valence-corrected chi connectivity index (χ1v) is 10.9. The van der Waals surface area contributed by atoms with Crippen LogP contribution < -0.4 is 0 Å². The number of piperidine rings is 1. The SMILES string of the molecule is CC(C)(C)OC(=O)N1CCCC(Cc2ccc3c(cnn3C3CCCCO3)c2)C1. The van der Waals surface area contributed by atoms with E-state index in [0.717, 1.165) is 62.7 Å². The summed E-state index contributed by atoms with van der Waals surface area (Å²) in [4.78, 5) is 14.3. The lowest BCUT2D eigenvalue weighted by atomic mass is 9.91. The Bertz CT molecular complexity index is 849. The number of fused-ring (bicyclic) bond motifs is 1. The van der Waals surface area contributed by atoms with Crippen LogP contribution in [0.15, 0.2) is 24.4 Å². The molecule has 4 rings (SSSR count). The molecule has 3 heterocycles. The van der Waals surface area contributed by atoms with E-state index in [1.54, 1.807) is 0 Å². The number of amides is 1. The summed E-state index contributed by atoms with van der Waals surface area (Å²) in [6.07, 6.45) is 8.34. The third kappa shape index (κ3) is 4.92. The van der Waals surface area contributed by atoms with Gasteiger partial charge in [0.05, 0.1) is 11.7 Å². The van der Waals surface area contributed by atoms with E-state index in [9.17, 15) is 4.79 Å². The van der Waals surface area contributed by atoms with Gasteiger partial charge >= 0.3 is 6.09 Å². The maximum Gasteiger partial charge on any atom is 0.410 e. The molecule has 0 N–H and O–H groups in total. The average Bonchev–Trinajstić information content (AvgIpc) is 3.11. The predicted octanol–water partition coefficient (Wildman–Crippen LogP) is 4.93. The van der Waals surface area contributed by atoms with Gasteiger partial charge in [0.2, 0.25) is 0 Å². The van der Waals surface area contributed by atoms with Crippen LogP contribution in [0.4, 0.5) is 4.79 Å². The van der Waals surface area contributed by atoms with Crippen LogP contribution in [-0.4, -0.2) is 46.1 Å². The molecule has 2 saturated heterocycles. The highest BCUT2D eigenvalue weighted by molar-refractivity contribution is 5.79. The first kappa shape index (κ1) is 20.2. The van der Waals surface area contributed by atoms with E-state index in [1.807, 2.05) is 36.5 Å². The Morgan fingerprint density at radius 1 is 1.24 bits per heavy atom. The van der Waals surface area contributed by atoms with E-state index in [4.69, 9.17) is 9.47 Å². The Kier molecular flexibility index (Phi) is 5.81. The molecule has 1 amide bonds. The largest absolute Gasteiger partial charge is 0.444 e. The summed E-state index contributed by atoms with van der Waals surface area (Å²) in [5.41, 5.74) is 1.99. The Labute approximate surface area is 173 Å². The zero-order valence-corrected chi connectivity index (χ0v) is 17.9. The van der Waals surface area contributed by atoms with E-state index >= 15 is 0 Å². The standard InChI is InChI=1S/C23H33N3O3/c1-23(2,3)29-22(27)25-11-6-7-18(16-25)13-17-9-10-20-19(14-17)15-24-26(20)21-8-4-5-12-28-21/h9-10,14-15,18,21H,4-8,11-13,16H2,1-3H3. The summed E-state index contributed by atoms with van der Waals surface area (Å²) < 4.78 is 13.5. The van der Waals surface area contributed by atoms with E-state index in [1.165, 1.54) is 12.0 Å². The van der Waals surface area contributed by atoms with E-state index < -0.39 is 5.60 Å². The van der Waals surface area contributed by atoms with Crippen molar-refractivity contribution in [3.05, 3.63) is 30.0 Å². The molecule has 2 fully saturated rings. The minimum atomic E-state index is -0.447. The van der Waals surface area contributed by atoms with Gasteiger partial charge in [-0.3, -0.25) is 0 Å². The van der Waals surface area contributed by atoms with Crippen LogP contribution in [0.1, 0.15) is 64.7 Å². The van der Waals surface area contributed by atoms with Crippen LogP contribution in [0, 0.1) is 5.92 Å². The number of rotatable bonds is 3. The van der Waals surface area contributed by atoms with Gasteiger partial charge < -0.3 is 14.4 Å². The molecule has 29 heavy (non-hydrogen) atoms. The number of hydrogen-bond donors (Lipinski definition) is 0. The molecule has 158 valence electrons. The van der Waals surface area contributed by atoms with Crippen LogP contribution in [0.25, 0.3) is 10.9 Å². The normalized spacial score (nSPS) is 23.3. The lowest BCUT2D eigenvalue weighted by molar-refractivity contribution is -0.0366. The number of carbonyl (C=O) groups excluding carboxylic acids is 1. The van der Waals surface area contributed by atoms with Crippen molar-refractivity contribution in [2.24, 2.45) is 5.92 Å². The third-order valence-electron chi connectivity index (χ3n) is 5.78. The molecule has 0 radical (unpaired) electrons. The fourth-order valence-corrected chi connectivity index (χ4v) is 4.43. The molecule has 0 bridgehead atoms. The summed E-state index contributed by atoms with van der Waals surface area (Å²) in [6, 6.07) is 6.62. The van der Waals surface area contributed by atoms with Crippen LogP contribution in [0.3, 0.4) is 0 Å². The quantitative estimate of drug-likeness (QED) is 0.735. The average molecular weight is 400 g/mol. The fraction of sp³-hybridized carbons (Fsp3) is 0.652. The second-order valence-corrected chi connectivity index (χ2v) is 9.44. The van der Waals surface area contributed by atoms with Crippen molar-refractivity contribution in [2.75, 3.05) is 19.7 Å². The first-order chi connectivity index (χ1) is 13.9. The van der Waals surface area contributed by atoms with Crippen molar-refractivity contribution in [3.63, 3.8) is 0 Å². The molecule has 6 heteroatoms. The smallest absolute Gasteiger partial charge is 0.410 e. The van der Waals surface area contributed by atoms with Crippen molar-refractivity contribution in [1.29, 1.82) is 0 Å². The van der Waals surface area contributed by atoms with Gasteiger partial charge in [-0.1, -0.05) is 6.07 Å². The van der Waals surface area contributed by atoms with E-state index in [2.05, 4.69) is 23.3 Å². The van der Waals surface area contributed by atoms with Gasteiger partial charge in [0.25, 0.3) is 0 Å². The molecule has 0 aliphatic carbocycles. The Hall–Kier alpha value is -2.08. The molecule has 2 aromatic rings. The number of nitrogens with zero attached hydrogens (tertiary/aromatic N) is 3. The van der Waals surface area contributed by atoms with Gasteiger partial charge in [0, 0.05) is 25.1 Å². The van der Waals surface area contributed by atoms with Crippen molar-refractivity contribution in [3.8, 4) is 0 Å². The molecule has 2 aliphatic heterocycles. The van der Waals surface area contributed by atoms with Gasteiger partial charge in [0.15, 0.2) is 6.23 Å². The van der Waals surface area contributed by atoms with Crippen LogP contribution in [0.5, 0.6) is 0 Å². The van der Waals surface area contributed by atoms with Crippen LogP contribution in [-0.2, 0) is 15.9 Å². The molecule has 6 nitrogen and oxygen atoms in total. The summed E-state index contributed by atoms with van der Waals surface area (Å²) in [5.74, 6) is 0.463. The van der Waals surface area contributed by atoms with E-state index in [-0.39, 0.29) is 12.3 Å². The van der Waals surface area contributed by atoms with Crippen molar-refractivity contribution < 1.29 is 14.3 Å². The van der Waals surface area contributed by atoms with Gasteiger partial charge in [-0.05, 0) is 82.9 Å². The zero-order chi connectivity index (χ0) is 20.4. The number of ether oxygens (including phenoxy) is 2. The molecule has 1 aromatic heterocycles. The number of likely N-dealkylation sites (tertiary alicyclic amines) is 1. The van der Waals surface area contributed by atoms with Crippen molar-refractivity contribution in [1.82, 2.24) is 14.7 Å². The molecule has 0 saturated carbocycles. The van der Waals surface area contributed by atoms with Gasteiger partial charge in [-0.15, -0.1) is 0 Å². The lowest BCUT2D eigenvalue weighted by Gasteiger charge is -2.34. The molecule has 0 spiro atoms. The third-order valence-corrected chi connectivity index (χ3v) is 5.78. The summed E-state index contributed by atoms with van der Waals surface area (Å²) in [6.45, 7) is 8.13. The van der Waals surface area contributed by atoms with Crippen molar-refractivity contribution in [2.45, 2.75) is 71.1 Å². The molecule has 2 atom stereocenters. The highest BCUT2D eigenvalue weighted by Gasteiger charge is 2.28. The molecule has 1 aromatic carbocycles.